The molecule has 2 saturated carbocycles. The highest BCUT2D eigenvalue weighted by atomic mass is 16.5. The first-order valence-electron chi connectivity index (χ1n) is 9.06. The third-order valence-corrected chi connectivity index (χ3v) is 7.02. The zero-order valence-corrected chi connectivity index (χ0v) is 14.8. The first-order valence-corrected chi connectivity index (χ1v) is 9.06. The highest BCUT2D eigenvalue weighted by molar-refractivity contribution is 5.90. The van der Waals surface area contributed by atoms with Gasteiger partial charge in [-0.15, -0.1) is 0 Å². The van der Waals surface area contributed by atoms with Crippen LogP contribution < -0.4 is 0 Å². The highest BCUT2D eigenvalue weighted by Gasteiger charge is 2.57. The number of carbonyl (C=O) groups is 2. The Labute approximate surface area is 144 Å². The summed E-state index contributed by atoms with van der Waals surface area (Å²) in [6.07, 6.45) is 8.01. The van der Waals surface area contributed by atoms with Gasteiger partial charge in [0.25, 0.3) is 0 Å². The van der Waals surface area contributed by atoms with E-state index in [1.165, 1.54) is 5.57 Å². The summed E-state index contributed by atoms with van der Waals surface area (Å²) in [5.41, 5.74) is 1.32. The summed E-state index contributed by atoms with van der Waals surface area (Å²) in [7, 11) is 0. The van der Waals surface area contributed by atoms with Crippen molar-refractivity contribution in [2.24, 2.45) is 22.7 Å². The van der Waals surface area contributed by atoms with Gasteiger partial charge in [-0.2, -0.15) is 0 Å². The summed E-state index contributed by atoms with van der Waals surface area (Å²) in [6.45, 7) is 8.88. The zero-order valence-electron chi connectivity index (χ0n) is 14.8. The van der Waals surface area contributed by atoms with Gasteiger partial charge in [0.2, 0.25) is 0 Å². The molecule has 4 heteroatoms. The monoisotopic (exact) mass is 332 g/mol. The smallest absolute Gasteiger partial charge is 0.334 e. The summed E-state index contributed by atoms with van der Waals surface area (Å²) in [4.78, 5) is 23.7. The van der Waals surface area contributed by atoms with Gasteiger partial charge in [0.15, 0.2) is 0 Å². The van der Waals surface area contributed by atoms with Gasteiger partial charge in [-0.1, -0.05) is 25.5 Å². The number of fused-ring (bicyclic) bond motifs is 1. The lowest BCUT2D eigenvalue weighted by atomic mass is 9.46. The van der Waals surface area contributed by atoms with E-state index in [0.29, 0.717) is 13.0 Å². The molecular weight excluding hydrogens is 304 g/mol. The molecule has 1 aliphatic heterocycles. The maximum atomic E-state index is 12.0. The Morgan fingerprint density at radius 2 is 2.17 bits per heavy atom. The topological polar surface area (TPSA) is 63.6 Å². The SMILES string of the molecule is C=C1CC[C@H]2[C@](C)(CCC[C@@]2(C)C(=O)O)[C@H]1CCC1=CCOC1=O. The van der Waals surface area contributed by atoms with Gasteiger partial charge in [-0.3, -0.25) is 4.79 Å². The van der Waals surface area contributed by atoms with Crippen molar-refractivity contribution in [3.8, 4) is 0 Å². The van der Waals surface area contributed by atoms with Crippen LogP contribution in [0.2, 0.25) is 0 Å². The van der Waals surface area contributed by atoms with Crippen molar-refractivity contribution in [2.75, 3.05) is 6.61 Å². The van der Waals surface area contributed by atoms with Crippen molar-refractivity contribution in [3.63, 3.8) is 0 Å². The molecule has 2 aliphatic carbocycles. The van der Waals surface area contributed by atoms with E-state index in [1.807, 2.05) is 13.0 Å². The number of rotatable bonds is 4. The molecule has 24 heavy (non-hydrogen) atoms. The van der Waals surface area contributed by atoms with Gasteiger partial charge in [0.05, 0.1) is 5.41 Å². The van der Waals surface area contributed by atoms with Crippen LogP contribution in [0.4, 0.5) is 0 Å². The fourth-order valence-corrected chi connectivity index (χ4v) is 5.64. The standard InChI is InChI=1S/C20H28O4/c1-13-5-8-16-19(2,10-4-11-20(16,3)18(22)23)15(13)7-6-14-9-12-24-17(14)21/h9,15-16H,1,4-8,10-12H2,2-3H3,(H,22,23)/t15-,16-,19+,20+/m0/s1. The van der Waals surface area contributed by atoms with Crippen LogP contribution in [0.5, 0.6) is 0 Å². The second-order valence-corrected chi connectivity index (χ2v) is 8.25. The predicted octanol–water partition coefficient (Wildman–Crippen LogP) is 4.11. The second-order valence-electron chi connectivity index (χ2n) is 8.25. The van der Waals surface area contributed by atoms with E-state index in [-0.39, 0.29) is 23.2 Å². The summed E-state index contributed by atoms with van der Waals surface area (Å²) in [6, 6.07) is 0. The van der Waals surface area contributed by atoms with Crippen molar-refractivity contribution in [1.29, 1.82) is 0 Å². The van der Waals surface area contributed by atoms with E-state index in [9.17, 15) is 14.7 Å². The number of carbonyl (C=O) groups excluding carboxylic acids is 1. The lowest BCUT2D eigenvalue weighted by Gasteiger charge is -2.57. The first-order chi connectivity index (χ1) is 11.3. The van der Waals surface area contributed by atoms with Crippen LogP contribution >= 0.6 is 0 Å². The minimum atomic E-state index is -0.660. The Balaban J connectivity index is 1.83. The lowest BCUT2D eigenvalue weighted by molar-refractivity contribution is -0.164. The number of allylic oxidation sites excluding steroid dienone is 1. The van der Waals surface area contributed by atoms with E-state index in [1.54, 1.807) is 0 Å². The van der Waals surface area contributed by atoms with Crippen molar-refractivity contribution < 1.29 is 19.4 Å². The average molecular weight is 332 g/mol. The van der Waals surface area contributed by atoms with E-state index in [4.69, 9.17) is 4.74 Å². The van der Waals surface area contributed by atoms with Gasteiger partial charge in [-0.25, -0.2) is 4.79 Å². The van der Waals surface area contributed by atoms with Crippen LogP contribution in [-0.4, -0.2) is 23.7 Å². The van der Waals surface area contributed by atoms with Gasteiger partial charge in [0, 0.05) is 5.57 Å². The van der Waals surface area contributed by atoms with E-state index in [2.05, 4.69) is 13.5 Å². The van der Waals surface area contributed by atoms with Crippen molar-refractivity contribution >= 4 is 11.9 Å². The molecule has 0 spiro atoms. The molecule has 0 saturated heterocycles. The number of hydrogen-bond acceptors (Lipinski definition) is 3. The molecule has 4 nitrogen and oxygen atoms in total. The molecule has 0 aromatic carbocycles. The van der Waals surface area contributed by atoms with Gasteiger partial charge in [-0.05, 0) is 68.8 Å². The lowest BCUT2D eigenvalue weighted by Crippen LogP contribution is -2.53. The molecule has 4 atom stereocenters. The van der Waals surface area contributed by atoms with Crippen LogP contribution in [0.3, 0.4) is 0 Å². The van der Waals surface area contributed by atoms with Crippen molar-refractivity contribution in [3.05, 3.63) is 23.8 Å². The number of esters is 1. The molecular formula is C20H28O4. The van der Waals surface area contributed by atoms with E-state index in [0.717, 1.165) is 44.1 Å². The molecule has 132 valence electrons. The number of carboxylic acid groups (broad SMARTS) is 1. The Kier molecular flexibility index (Phi) is 4.35. The number of hydrogen-bond donors (Lipinski definition) is 1. The Morgan fingerprint density at radius 3 is 2.79 bits per heavy atom. The molecule has 0 radical (unpaired) electrons. The molecule has 0 amide bonds. The molecule has 0 unspecified atom stereocenters. The molecule has 0 bridgehead atoms. The first kappa shape index (κ1) is 17.2. The van der Waals surface area contributed by atoms with Crippen molar-refractivity contribution in [1.82, 2.24) is 0 Å². The number of aliphatic carboxylic acids is 1. The molecule has 0 aromatic rings. The van der Waals surface area contributed by atoms with Crippen LogP contribution in [0.1, 0.15) is 58.8 Å². The summed E-state index contributed by atoms with van der Waals surface area (Å²) < 4.78 is 5.00. The fourth-order valence-electron chi connectivity index (χ4n) is 5.64. The van der Waals surface area contributed by atoms with E-state index < -0.39 is 11.4 Å². The second kappa shape index (κ2) is 6.05. The third-order valence-electron chi connectivity index (χ3n) is 7.02. The maximum absolute atomic E-state index is 12.0. The molecule has 1 heterocycles. The molecule has 3 rings (SSSR count). The molecule has 1 N–H and O–H groups in total. The minimum absolute atomic E-state index is 0.0379. The zero-order chi connectivity index (χ0) is 17.5. The van der Waals surface area contributed by atoms with Crippen LogP contribution in [0.25, 0.3) is 0 Å². The number of carboxylic acids is 1. The largest absolute Gasteiger partial charge is 0.481 e. The summed E-state index contributed by atoms with van der Waals surface area (Å²) in [5, 5.41) is 9.85. The Hall–Kier alpha value is -1.58. The quantitative estimate of drug-likeness (QED) is 0.621. The van der Waals surface area contributed by atoms with Gasteiger partial charge < -0.3 is 9.84 Å². The predicted molar refractivity (Wildman–Crippen MR) is 91.3 cm³/mol. The Bertz CT molecular complexity index is 605. The highest BCUT2D eigenvalue weighted by Crippen LogP contribution is 2.62. The number of cyclic esters (lactones) is 1. The normalized spacial score (nSPS) is 39.2. The van der Waals surface area contributed by atoms with Crippen LogP contribution in [0, 0.1) is 22.7 Å². The molecule has 0 aromatic heterocycles. The van der Waals surface area contributed by atoms with Gasteiger partial charge >= 0.3 is 11.9 Å². The maximum Gasteiger partial charge on any atom is 0.334 e. The average Bonchev–Trinajstić information content (AvgIpc) is 2.91. The number of ether oxygens (including phenoxy) is 1. The van der Waals surface area contributed by atoms with Gasteiger partial charge in [0.1, 0.15) is 6.61 Å². The molecule has 3 aliphatic rings. The van der Waals surface area contributed by atoms with Crippen LogP contribution in [0.15, 0.2) is 23.8 Å². The minimum Gasteiger partial charge on any atom is -0.481 e. The summed E-state index contributed by atoms with van der Waals surface area (Å²) >= 11 is 0. The molecule has 2 fully saturated rings. The van der Waals surface area contributed by atoms with Crippen molar-refractivity contribution in [2.45, 2.75) is 58.8 Å². The Morgan fingerprint density at radius 1 is 1.42 bits per heavy atom. The third kappa shape index (κ3) is 2.60. The van der Waals surface area contributed by atoms with E-state index >= 15 is 0 Å². The fraction of sp³-hybridized carbons (Fsp3) is 0.700. The van der Waals surface area contributed by atoms with Crippen LogP contribution in [-0.2, 0) is 14.3 Å². The summed E-state index contributed by atoms with van der Waals surface area (Å²) in [5.74, 6) is -0.398.